The van der Waals surface area contributed by atoms with Gasteiger partial charge in [-0.1, -0.05) is 134 Å². The van der Waals surface area contributed by atoms with Gasteiger partial charge in [0.2, 0.25) is 0 Å². The van der Waals surface area contributed by atoms with Crippen molar-refractivity contribution in [3.63, 3.8) is 0 Å². The highest BCUT2D eigenvalue weighted by Gasteiger charge is 2.67. The lowest BCUT2D eigenvalue weighted by atomic mass is 9.66. The SMILES string of the molecule is CCCCCCCCCCCCCCCCCOCC(CO)OC(=O)CCCCCCCCC(=O)O[C@@H]1CC[C@](O)(CCl)[C@@H]([C@@]2(C)OC2CC=C(C)C)[C@@H]1OC. The molecule has 2 unspecified atom stereocenters. The van der Waals surface area contributed by atoms with Crippen molar-refractivity contribution in [2.24, 2.45) is 5.92 Å². The molecular weight excluding hydrogens is 732 g/mol. The van der Waals surface area contributed by atoms with Crippen molar-refractivity contribution in [2.45, 2.75) is 230 Å². The Morgan fingerprint density at radius 2 is 1.34 bits per heavy atom. The second-order valence-electron chi connectivity index (χ2n) is 17.2. The number of methoxy groups -OCH3 is 1. The Bertz CT molecular complexity index is 1070. The van der Waals surface area contributed by atoms with Crippen LogP contribution in [-0.2, 0) is 33.3 Å². The van der Waals surface area contributed by atoms with Gasteiger partial charge in [-0.05, 0) is 59.3 Å². The van der Waals surface area contributed by atoms with E-state index in [9.17, 15) is 19.8 Å². The van der Waals surface area contributed by atoms with Gasteiger partial charge >= 0.3 is 11.9 Å². The third-order valence-corrected chi connectivity index (χ3v) is 12.4. The molecule has 7 atom stereocenters. The first kappa shape index (κ1) is 50.9. The molecule has 0 amide bonds. The number of hydrogen-bond acceptors (Lipinski definition) is 9. The second-order valence-corrected chi connectivity index (χ2v) is 17.5. The maximum Gasteiger partial charge on any atom is 0.306 e. The molecule has 0 aromatic rings. The van der Waals surface area contributed by atoms with Crippen molar-refractivity contribution in [3.8, 4) is 0 Å². The van der Waals surface area contributed by atoms with E-state index in [4.69, 9.17) is 35.3 Å². The molecule has 2 aliphatic rings. The van der Waals surface area contributed by atoms with Crippen LogP contribution in [0.25, 0.3) is 0 Å². The Hall–Kier alpha value is -1.23. The number of allylic oxidation sites excluding steroid dienone is 1. The number of hydrogen-bond donors (Lipinski definition) is 2. The van der Waals surface area contributed by atoms with Crippen LogP contribution in [-0.4, -0.2) is 90.6 Å². The first-order valence-electron chi connectivity index (χ1n) is 22.7. The number of unbranched alkanes of at least 4 members (excludes halogenated alkanes) is 19. The minimum atomic E-state index is -1.17. The average Bonchev–Trinajstić information content (AvgIpc) is 3.85. The molecule has 1 aliphatic heterocycles. The van der Waals surface area contributed by atoms with Crippen molar-refractivity contribution in [3.05, 3.63) is 11.6 Å². The normalized spacial score (nSPS) is 25.1. The van der Waals surface area contributed by atoms with Crippen molar-refractivity contribution in [1.29, 1.82) is 0 Å². The van der Waals surface area contributed by atoms with Gasteiger partial charge in [-0.15, -0.1) is 11.6 Å². The fraction of sp³-hybridized carbons (Fsp3) is 0.913. The smallest absolute Gasteiger partial charge is 0.306 e. The molecule has 1 heterocycles. The summed E-state index contributed by atoms with van der Waals surface area (Å²) in [4.78, 5) is 25.2. The van der Waals surface area contributed by atoms with E-state index >= 15 is 0 Å². The Kier molecular flexibility index (Phi) is 27.2. The average molecular weight is 816 g/mol. The fourth-order valence-electron chi connectivity index (χ4n) is 8.46. The van der Waals surface area contributed by atoms with Gasteiger partial charge in [-0.25, -0.2) is 0 Å². The lowest BCUT2D eigenvalue weighted by molar-refractivity contribution is -0.192. The Labute approximate surface area is 346 Å². The zero-order valence-corrected chi connectivity index (χ0v) is 37.1. The molecule has 2 rings (SSSR count). The van der Waals surface area contributed by atoms with Crippen LogP contribution in [0.15, 0.2) is 11.6 Å². The number of aliphatic hydroxyl groups excluding tert-OH is 1. The highest BCUT2D eigenvalue weighted by molar-refractivity contribution is 6.18. The molecule has 1 saturated carbocycles. The van der Waals surface area contributed by atoms with Crippen molar-refractivity contribution in [1.82, 2.24) is 0 Å². The lowest BCUT2D eigenvalue weighted by Gasteiger charge is -2.48. The van der Waals surface area contributed by atoms with Crippen LogP contribution in [0.1, 0.15) is 195 Å². The molecule has 0 radical (unpaired) electrons. The van der Waals surface area contributed by atoms with E-state index in [0.29, 0.717) is 32.3 Å². The third-order valence-electron chi connectivity index (χ3n) is 12.0. The summed E-state index contributed by atoms with van der Waals surface area (Å²) < 4.78 is 29.2. The number of carbonyl (C=O) groups is 2. The third kappa shape index (κ3) is 20.2. The van der Waals surface area contributed by atoms with Gasteiger partial charge < -0.3 is 33.9 Å². The molecule has 9 nitrogen and oxygen atoms in total. The van der Waals surface area contributed by atoms with Crippen LogP contribution >= 0.6 is 11.6 Å². The molecule has 0 aromatic heterocycles. The molecule has 56 heavy (non-hydrogen) atoms. The molecule has 1 saturated heterocycles. The van der Waals surface area contributed by atoms with E-state index in [-0.39, 0.29) is 37.1 Å². The molecule has 0 bridgehead atoms. The number of rotatable bonds is 35. The number of carbonyl (C=O) groups excluding carboxylic acids is 2. The zero-order chi connectivity index (χ0) is 41.1. The van der Waals surface area contributed by atoms with E-state index in [1.807, 2.05) is 6.92 Å². The number of esters is 2. The summed E-state index contributed by atoms with van der Waals surface area (Å²) in [6.07, 6.45) is 27.8. The summed E-state index contributed by atoms with van der Waals surface area (Å²) in [6, 6.07) is 0. The lowest BCUT2D eigenvalue weighted by Crippen LogP contribution is -2.61. The van der Waals surface area contributed by atoms with Gasteiger partial charge in [0.1, 0.15) is 23.9 Å². The fourth-order valence-corrected chi connectivity index (χ4v) is 8.76. The van der Waals surface area contributed by atoms with E-state index in [1.165, 1.54) is 89.0 Å². The molecule has 0 spiro atoms. The number of aliphatic hydroxyl groups is 2. The molecule has 2 N–H and O–H groups in total. The summed E-state index contributed by atoms with van der Waals surface area (Å²) in [5, 5.41) is 21.2. The van der Waals surface area contributed by atoms with Crippen LogP contribution in [0, 0.1) is 5.92 Å². The molecule has 10 heteroatoms. The maximum absolute atomic E-state index is 12.9. The topological polar surface area (TPSA) is 124 Å². The largest absolute Gasteiger partial charge is 0.460 e. The predicted molar refractivity (Wildman–Crippen MR) is 226 cm³/mol. The van der Waals surface area contributed by atoms with Crippen LogP contribution in [0.4, 0.5) is 0 Å². The van der Waals surface area contributed by atoms with Gasteiger partial charge in [-0.2, -0.15) is 0 Å². The quantitative estimate of drug-likeness (QED) is 0.0211. The van der Waals surface area contributed by atoms with Crippen molar-refractivity contribution in [2.75, 3.05) is 32.8 Å². The molecule has 0 aromatic carbocycles. The van der Waals surface area contributed by atoms with Gasteiger partial charge in [0.05, 0.1) is 36.7 Å². The Morgan fingerprint density at radius 3 is 1.84 bits per heavy atom. The van der Waals surface area contributed by atoms with E-state index < -0.39 is 35.4 Å². The monoisotopic (exact) mass is 815 g/mol. The number of epoxide rings is 1. The molecular formula is C46H83ClO9. The first-order chi connectivity index (χ1) is 27.0. The van der Waals surface area contributed by atoms with Gasteiger partial charge in [-0.3, -0.25) is 9.59 Å². The van der Waals surface area contributed by atoms with Gasteiger partial charge in [0.15, 0.2) is 0 Å². The Morgan fingerprint density at radius 1 is 0.821 bits per heavy atom. The van der Waals surface area contributed by atoms with Crippen LogP contribution < -0.4 is 0 Å². The summed E-state index contributed by atoms with van der Waals surface area (Å²) in [5.74, 6) is -0.911. The molecule has 328 valence electrons. The van der Waals surface area contributed by atoms with Gasteiger partial charge in [0, 0.05) is 26.6 Å². The van der Waals surface area contributed by atoms with E-state index in [2.05, 4.69) is 26.8 Å². The van der Waals surface area contributed by atoms with E-state index in [1.54, 1.807) is 7.11 Å². The van der Waals surface area contributed by atoms with Crippen molar-refractivity contribution >= 4 is 23.5 Å². The number of halogens is 1. The Balaban J connectivity index is 1.48. The zero-order valence-electron chi connectivity index (χ0n) is 36.3. The summed E-state index contributed by atoms with van der Waals surface area (Å²) >= 11 is 6.32. The highest BCUT2D eigenvalue weighted by Crippen LogP contribution is 2.55. The van der Waals surface area contributed by atoms with Gasteiger partial charge in [0.25, 0.3) is 0 Å². The highest BCUT2D eigenvalue weighted by atomic mass is 35.5. The summed E-state index contributed by atoms with van der Waals surface area (Å²) in [6.45, 7) is 9.00. The standard InChI is InChI=1S/C46H83ClO9/c1-6-7-8-9-10-11-12-13-14-15-16-17-20-23-26-33-53-35-38(34-48)54-41(49)27-24-21-18-19-22-25-28-42(50)55-39-31-32-46(51,36-47)44(43(39)52-5)45(4)40(56-45)30-29-37(2)3/h29,38-40,43-44,48,51H,6-28,30-36H2,1-5H3/t38?,39-,40?,43-,44-,45+,46+/m1/s1. The predicted octanol–water partition coefficient (Wildman–Crippen LogP) is 10.7. The second kappa shape index (κ2) is 29.9. The minimum absolute atomic E-state index is 0.0507. The maximum atomic E-state index is 12.9. The summed E-state index contributed by atoms with van der Waals surface area (Å²) in [7, 11) is 1.59. The van der Waals surface area contributed by atoms with Crippen LogP contribution in [0.3, 0.4) is 0 Å². The number of ether oxygens (including phenoxy) is 5. The molecule has 2 fully saturated rings. The van der Waals surface area contributed by atoms with E-state index in [0.717, 1.165) is 57.8 Å². The number of alkyl halides is 1. The van der Waals surface area contributed by atoms with Crippen LogP contribution in [0.2, 0.25) is 0 Å². The van der Waals surface area contributed by atoms with Crippen molar-refractivity contribution < 1.29 is 43.5 Å². The molecule has 1 aliphatic carbocycles. The first-order valence-corrected chi connectivity index (χ1v) is 23.3. The van der Waals surface area contributed by atoms with Crippen LogP contribution in [0.5, 0.6) is 0 Å². The minimum Gasteiger partial charge on any atom is -0.460 e. The summed E-state index contributed by atoms with van der Waals surface area (Å²) in [5.41, 5.74) is -0.572.